The highest BCUT2D eigenvalue weighted by atomic mass is 32.1. The normalized spacial score (nSPS) is 16.8. The van der Waals surface area contributed by atoms with Crippen molar-refractivity contribution in [1.82, 2.24) is 0 Å². The second-order valence-corrected chi connectivity index (χ2v) is 6.75. The maximum Gasteiger partial charge on any atom is 0.124 e. The smallest absolute Gasteiger partial charge is 0.124 e. The molecular formula is C20H17FN2OS. The van der Waals surface area contributed by atoms with E-state index in [9.17, 15) is 4.39 Å². The standard InChI is InChI=1S/C20H17FN2OS/c1-24-19-6-3-2-5-16(19)18-13-17(20-7-4-12-25-20)22-23(18)15-10-8-14(21)9-11-15/h2-12,18H,13H2,1H3/t18-/m1/s1. The largest absolute Gasteiger partial charge is 0.496 e. The van der Waals surface area contributed by atoms with Gasteiger partial charge in [-0.1, -0.05) is 24.3 Å². The molecule has 1 aromatic heterocycles. The fourth-order valence-corrected chi connectivity index (χ4v) is 3.84. The average molecular weight is 352 g/mol. The van der Waals surface area contributed by atoms with Crippen molar-refractivity contribution in [3.63, 3.8) is 0 Å². The summed E-state index contributed by atoms with van der Waals surface area (Å²) >= 11 is 1.68. The minimum Gasteiger partial charge on any atom is -0.496 e. The summed E-state index contributed by atoms with van der Waals surface area (Å²) in [5, 5.41) is 8.86. The molecule has 0 fully saturated rings. The van der Waals surface area contributed by atoms with Crippen LogP contribution < -0.4 is 9.75 Å². The topological polar surface area (TPSA) is 24.8 Å². The van der Waals surface area contributed by atoms with Crippen LogP contribution in [0.25, 0.3) is 0 Å². The van der Waals surface area contributed by atoms with E-state index < -0.39 is 0 Å². The molecule has 25 heavy (non-hydrogen) atoms. The summed E-state index contributed by atoms with van der Waals surface area (Å²) < 4.78 is 18.9. The van der Waals surface area contributed by atoms with Gasteiger partial charge in [0.1, 0.15) is 11.6 Å². The van der Waals surface area contributed by atoms with E-state index in [2.05, 4.69) is 17.5 Å². The van der Waals surface area contributed by atoms with Gasteiger partial charge in [0, 0.05) is 12.0 Å². The van der Waals surface area contributed by atoms with Crippen molar-refractivity contribution in [1.29, 1.82) is 0 Å². The highest BCUT2D eigenvalue weighted by Crippen LogP contribution is 2.40. The number of ether oxygens (including phenoxy) is 1. The summed E-state index contributed by atoms with van der Waals surface area (Å²) in [5.41, 5.74) is 2.98. The Bertz CT molecular complexity index is 890. The van der Waals surface area contributed by atoms with Crippen LogP contribution in [0.15, 0.2) is 71.1 Å². The van der Waals surface area contributed by atoms with Gasteiger partial charge in [-0.05, 0) is 41.8 Å². The molecule has 0 unspecified atom stereocenters. The second kappa shape index (κ2) is 6.69. The summed E-state index contributed by atoms with van der Waals surface area (Å²) in [6, 6.07) is 18.6. The average Bonchev–Trinajstić information content (AvgIpc) is 3.32. The zero-order valence-electron chi connectivity index (χ0n) is 13.7. The van der Waals surface area contributed by atoms with Crippen LogP contribution in [0.2, 0.25) is 0 Å². The lowest BCUT2D eigenvalue weighted by atomic mass is 10.00. The minimum atomic E-state index is -0.251. The van der Waals surface area contributed by atoms with Gasteiger partial charge in [-0.2, -0.15) is 5.10 Å². The summed E-state index contributed by atoms with van der Waals surface area (Å²) in [7, 11) is 1.68. The highest BCUT2D eigenvalue weighted by molar-refractivity contribution is 7.12. The molecule has 0 saturated heterocycles. The molecule has 4 rings (SSSR count). The molecule has 0 spiro atoms. The van der Waals surface area contributed by atoms with Crippen LogP contribution in [0.1, 0.15) is 22.9 Å². The Labute approximate surface area is 150 Å². The number of hydrogen-bond acceptors (Lipinski definition) is 4. The summed E-state index contributed by atoms with van der Waals surface area (Å²) in [4.78, 5) is 1.16. The molecule has 126 valence electrons. The summed E-state index contributed by atoms with van der Waals surface area (Å²) in [6.07, 6.45) is 0.776. The van der Waals surface area contributed by atoms with Crippen molar-refractivity contribution >= 4 is 22.7 Å². The number of halogens is 1. The van der Waals surface area contributed by atoms with Crippen LogP contribution >= 0.6 is 11.3 Å². The Morgan fingerprint density at radius 1 is 1.08 bits per heavy atom. The molecule has 0 bridgehead atoms. The van der Waals surface area contributed by atoms with E-state index in [0.717, 1.165) is 34.0 Å². The molecule has 1 aliphatic rings. The third kappa shape index (κ3) is 3.03. The number of methoxy groups -OCH3 is 1. The Morgan fingerprint density at radius 2 is 1.88 bits per heavy atom. The second-order valence-electron chi connectivity index (χ2n) is 5.81. The Kier molecular flexibility index (Phi) is 4.24. The molecule has 0 N–H and O–H groups in total. The van der Waals surface area contributed by atoms with Crippen molar-refractivity contribution in [2.45, 2.75) is 12.5 Å². The van der Waals surface area contributed by atoms with Gasteiger partial charge in [0.05, 0.1) is 29.4 Å². The molecule has 5 heteroatoms. The van der Waals surface area contributed by atoms with Crippen LogP contribution in [-0.2, 0) is 0 Å². The van der Waals surface area contributed by atoms with E-state index in [1.165, 1.54) is 12.1 Å². The van der Waals surface area contributed by atoms with E-state index in [1.54, 1.807) is 30.6 Å². The molecule has 3 nitrogen and oxygen atoms in total. The van der Waals surface area contributed by atoms with Gasteiger partial charge in [-0.25, -0.2) is 4.39 Å². The maximum atomic E-state index is 13.3. The van der Waals surface area contributed by atoms with Gasteiger partial charge in [-0.3, -0.25) is 5.01 Å². The molecule has 1 aliphatic heterocycles. The maximum absolute atomic E-state index is 13.3. The first-order chi connectivity index (χ1) is 12.3. The molecule has 0 radical (unpaired) electrons. The first-order valence-corrected chi connectivity index (χ1v) is 8.93. The predicted molar refractivity (Wildman–Crippen MR) is 100 cm³/mol. The van der Waals surface area contributed by atoms with Gasteiger partial charge in [-0.15, -0.1) is 11.3 Å². The van der Waals surface area contributed by atoms with Gasteiger partial charge in [0.25, 0.3) is 0 Å². The Balaban J connectivity index is 1.78. The monoisotopic (exact) mass is 352 g/mol. The van der Waals surface area contributed by atoms with Crippen LogP contribution in [-0.4, -0.2) is 12.8 Å². The fourth-order valence-electron chi connectivity index (χ4n) is 3.12. The van der Waals surface area contributed by atoms with Crippen LogP contribution in [0, 0.1) is 5.82 Å². The Morgan fingerprint density at radius 3 is 2.60 bits per heavy atom. The van der Waals surface area contributed by atoms with E-state index in [1.807, 2.05) is 29.3 Å². The first-order valence-electron chi connectivity index (χ1n) is 8.05. The molecule has 0 amide bonds. The van der Waals surface area contributed by atoms with Gasteiger partial charge in [0.2, 0.25) is 0 Å². The van der Waals surface area contributed by atoms with Crippen LogP contribution in [0.3, 0.4) is 0 Å². The summed E-state index contributed by atoms with van der Waals surface area (Å²) in [6.45, 7) is 0. The lowest BCUT2D eigenvalue weighted by Crippen LogP contribution is -2.19. The number of anilines is 1. The van der Waals surface area contributed by atoms with Crippen molar-refractivity contribution in [2.24, 2.45) is 5.10 Å². The van der Waals surface area contributed by atoms with Crippen LogP contribution in [0.5, 0.6) is 5.75 Å². The van der Waals surface area contributed by atoms with Crippen molar-refractivity contribution in [2.75, 3.05) is 12.1 Å². The number of benzene rings is 2. The van der Waals surface area contributed by atoms with Gasteiger partial charge >= 0.3 is 0 Å². The molecule has 0 saturated carbocycles. The molecule has 0 aliphatic carbocycles. The van der Waals surface area contributed by atoms with Crippen molar-refractivity contribution < 1.29 is 9.13 Å². The van der Waals surface area contributed by atoms with Gasteiger partial charge < -0.3 is 4.74 Å². The van der Waals surface area contributed by atoms with E-state index in [-0.39, 0.29) is 11.9 Å². The lowest BCUT2D eigenvalue weighted by molar-refractivity contribution is 0.405. The van der Waals surface area contributed by atoms with E-state index in [0.29, 0.717) is 0 Å². The predicted octanol–water partition coefficient (Wildman–Crippen LogP) is 5.25. The third-order valence-electron chi connectivity index (χ3n) is 4.31. The first kappa shape index (κ1) is 15.8. The molecule has 1 atom stereocenters. The number of nitrogens with zero attached hydrogens (tertiary/aromatic N) is 2. The number of hydrazone groups is 1. The number of hydrogen-bond donors (Lipinski definition) is 0. The summed E-state index contributed by atoms with van der Waals surface area (Å²) in [5.74, 6) is 0.585. The molecular weight excluding hydrogens is 335 g/mol. The third-order valence-corrected chi connectivity index (χ3v) is 5.22. The lowest BCUT2D eigenvalue weighted by Gasteiger charge is -2.25. The van der Waals surface area contributed by atoms with Crippen molar-refractivity contribution in [3.05, 3.63) is 82.3 Å². The molecule has 2 aromatic carbocycles. The number of para-hydroxylation sites is 1. The number of thiophene rings is 1. The fraction of sp³-hybridized carbons (Fsp3) is 0.150. The molecule has 3 aromatic rings. The quantitative estimate of drug-likeness (QED) is 0.640. The van der Waals surface area contributed by atoms with Crippen LogP contribution in [0.4, 0.5) is 10.1 Å². The highest BCUT2D eigenvalue weighted by Gasteiger charge is 2.32. The minimum absolute atomic E-state index is 0.0127. The zero-order valence-corrected chi connectivity index (χ0v) is 14.5. The van der Waals surface area contributed by atoms with Gasteiger partial charge in [0.15, 0.2) is 0 Å². The Hall–Kier alpha value is -2.66. The number of rotatable bonds is 4. The van der Waals surface area contributed by atoms with E-state index in [4.69, 9.17) is 9.84 Å². The van der Waals surface area contributed by atoms with E-state index >= 15 is 0 Å². The zero-order chi connectivity index (χ0) is 17.2. The molecule has 2 heterocycles. The SMILES string of the molecule is COc1ccccc1[C@H]1CC(c2cccs2)=NN1c1ccc(F)cc1. The van der Waals surface area contributed by atoms with Crippen molar-refractivity contribution in [3.8, 4) is 5.75 Å².